The first-order chi connectivity index (χ1) is 9.58. The van der Waals surface area contributed by atoms with Crippen LogP contribution in [0.25, 0.3) is 0 Å². The lowest BCUT2D eigenvalue weighted by Crippen LogP contribution is -2.35. The van der Waals surface area contributed by atoms with E-state index >= 15 is 0 Å². The Morgan fingerprint density at radius 2 is 1.95 bits per heavy atom. The smallest absolute Gasteiger partial charge is 0.308 e. The first-order valence-corrected chi connectivity index (χ1v) is 7.15. The molecule has 0 heterocycles. The number of hydrogen-bond donors (Lipinski definition) is 2. The Morgan fingerprint density at radius 1 is 1.30 bits per heavy atom. The lowest BCUT2D eigenvalue weighted by atomic mass is 9.94. The summed E-state index contributed by atoms with van der Waals surface area (Å²) in [7, 11) is 0. The quantitative estimate of drug-likeness (QED) is 0.804. The lowest BCUT2D eigenvalue weighted by Gasteiger charge is -2.23. The number of rotatable bonds is 7. The number of hydrogen-bond acceptors (Lipinski definition) is 2. The Kier molecular flexibility index (Phi) is 4.77. The highest BCUT2D eigenvalue weighted by atomic mass is 16.4. The molecule has 1 amide bonds. The van der Waals surface area contributed by atoms with Crippen LogP contribution < -0.4 is 5.32 Å². The van der Waals surface area contributed by atoms with E-state index in [1.165, 1.54) is 12.8 Å². The van der Waals surface area contributed by atoms with Gasteiger partial charge in [-0.1, -0.05) is 43.2 Å². The molecule has 4 heteroatoms. The fourth-order valence-corrected chi connectivity index (χ4v) is 2.29. The second-order valence-corrected chi connectivity index (χ2v) is 5.56. The Labute approximate surface area is 119 Å². The van der Waals surface area contributed by atoms with E-state index in [4.69, 9.17) is 0 Å². The highest BCUT2D eigenvalue weighted by molar-refractivity contribution is 5.78. The average Bonchev–Trinajstić information content (AvgIpc) is 3.27. The molecule has 1 aliphatic rings. The van der Waals surface area contributed by atoms with Gasteiger partial charge in [-0.05, 0) is 24.8 Å². The van der Waals surface area contributed by atoms with Crippen LogP contribution in [0.15, 0.2) is 30.3 Å². The maximum atomic E-state index is 12.0. The van der Waals surface area contributed by atoms with Crippen LogP contribution in [0.1, 0.15) is 44.2 Å². The SMILES string of the molecule is CC(C(=O)O)C(NC(=O)CCC1CC1)c1ccccc1. The number of carbonyl (C=O) groups excluding carboxylic acids is 1. The van der Waals surface area contributed by atoms with Gasteiger partial charge in [0.15, 0.2) is 0 Å². The fourth-order valence-electron chi connectivity index (χ4n) is 2.29. The van der Waals surface area contributed by atoms with Gasteiger partial charge in [-0.3, -0.25) is 9.59 Å². The predicted molar refractivity (Wildman–Crippen MR) is 76.1 cm³/mol. The van der Waals surface area contributed by atoms with Crippen LogP contribution in [0.4, 0.5) is 0 Å². The molecule has 0 saturated heterocycles. The van der Waals surface area contributed by atoms with Gasteiger partial charge in [0.1, 0.15) is 0 Å². The summed E-state index contributed by atoms with van der Waals surface area (Å²) in [6.07, 6.45) is 3.84. The van der Waals surface area contributed by atoms with Crippen molar-refractivity contribution in [3.05, 3.63) is 35.9 Å². The molecule has 1 aliphatic carbocycles. The molecule has 108 valence electrons. The van der Waals surface area contributed by atoms with E-state index in [-0.39, 0.29) is 5.91 Å². The second-order valence-electron chi connectivity index (χ2n) is 5.56. The van der Waals surface area contributed by atoms with Crippen molar-refractivity contribution in [3.8, 4) is 0 Å². The maximum absolute atomic E-state index is 12.0. The Bertz CT molecular complexity index is 468. The van der Waals surface area contributed by atoms with Gasteiger partial charge in [0, 0.05) is 6.42 Å². The largest absolute Gasteiger partial charge is 0.481 e. The molecule has 1 aromatic carbocycles. The molecule has 2 unspecified atom stereocenters. The molecule has 20 heavy (non-hydrogen) atoms. The number of benzene rings is 1. The molecule has 1 aromatic rings. The molecule has 1 fully saturated rings. The zero-order chi connectivity index (χ0) is 14.5. The molecule has 0 bridgehead atoms. The topological polar surface area (TPSA) is 66.4 Å². The summed E-state index contributed by atoms with van der Waals surface area (Å²) in [5, 5.41) is 12.1. The summed E-state index contributed by atoms with van der Waals surface area (Å²) in [5.41, 5.74) is 0.835. The maximum Gasteiger partial charge on any atom is 0.308 e. The summed E-state index contributed by atoms with van der Waals surface area (Å²) >= 11 is 0. The minimum absolute atomic E-state index is 0.0566. The highest BCUT2D eigenvalue weighted by Crippen LogP contribution is 2.33. The van der Waals surface area contributed by atoms with Crippen LogP contribution >= 0.6 is 0 Å². The van der Waals surface area contributed by atoms with Crippen LogP contribution in [0, 0.1) is 11.8 Å². The molecule has 0 aromatic heterocycles. The van der Waals surface area contributed by atoms with Crippen LogP contribution in [0.2, 0.25) is 0 Å². The first-order valence-electron chi connectivity index (χ1n) is 7.15. The molecular weight excluding hydrogens is 254 g/mol. The normalized spacial score (nSPS) is 17.2. The van der Waals surface area contributed by atoms with Crippen molar-refractivity contribution in [1.29, 1.82) is 0 Å². The van der Waals surface area contributed by atoms with Crippen molar-refractivity contribution < 1.29 is 14.7 Å². The summed E-state index contributed by atoms with van der Waals surface area (Å²) in [6, 6.07) is 8.82. The molecule has 2 N–H and O–H groups in total. The van der Waals surface area contributed by atoms with Crippen LogP contribution in [-0.2, 0) is 9.59 Å². The van der Waals surface area contributed by atoms with Gasteiger partial charge in [-0.15, -0.1) is 0 Å². The fraction of sp³-hybridized carbons (Fsp3) is 0.500. The molecule has 2 rings (SSSR count). The zero-order valence-corrected chi connectivity index (χ0v) is 11.7. The van der Waals surface area contributed by atoms with E-state index in [0.717, 1.165) is 12.0 Å². The molecular formula is C16H21NO3. The number of aliphatic carboxylic acids is 1. The van der Waals surface area contributed by atoms with Crippen molar-refractivity contribution in [1.82, 2.24) is 5.32 Å². The minimum atomic E-state index is -0.902. The Balaban J connectivity index is 2.01. The van der Waals surface area contributed by atoms with Crippen molar-refractivity contribution in [2.45, 2.75) is 38.6 Å². The third kappa shape index (κ3) is 4.08. The lowest BCUT2D eigenvalue weighted by molar-refractivity contribution is -0.142. The molecule has 0 aliphatic heterocycles. The van der Waals surface area contributed by atoms with Crippen LogP contribution in [0.3, 0.4) is 0 Å². The summed E-state index contributed by atoms with van der Waals surface area (Å²) < 4.78 is 0. The monoisotopic (exact) mass is 275 g/mol. The van der Waals surface area contributed by atoms with Gasteiger partial charge >= 0.3 is 5.97 Å². The highest BCUT2D eigenvalue weighted by Gasteiger charge is 2.27. The van der Waals surface area contributed by atoms with Gasteiger partial charge in [0.05, 0.1) is 12.0 Å². The molecule has 1 saturated carbocycles. The number of amides is 1. The first kappa shape index (κ1) is 14.6. The van der Waals surface area contributed by atoms with Gasteiger partial charge in [-0.25, -0.2) is 0 Å². The number of carboxylic acid groups (broad SMARTS) is 1. The van der Waals surface area contributed by atoms with Crippen LogP contribution in [-0.4, -0.2) is 17.0 Å². The summed E-state index contributed by atoms with van der Waals surface area (Å²) in [4.78, 5) is 23.2. The zero-order valence-electron chi connectivity index (χ0n) is 11.7. The second kappa shape index (κ2) is 6.55. The van der Waals surface area contributed by atoms with E-state index in [9.17, 15) is 14.7 Å². The molecule has 2 atom stereocenters. The van der Waals surface area contributed by atoms with Gasteiger partial charge in [0.2, 0.25) is 5.91 Å². The number of carbonyl (C=O) groups is 2. The van der Waals surface area contributed by atoms with Gasteiger partial charge < -0.3 is 10.4 Å². The van der Waals surface area contributed by atoms with E-state index in [0.29, 0.717) is 12.3 Å². The van der Waals surface area contributed by atoms with Crippen molar-refractivity contribution >= 4 is 11.9 Å². The van der Waals surface area contributed by atoms with Crippen LogP contribution in [0.5, 0.6) is 0 Å². The molecule has 0 spiro atoms. The predicted octanol–water partition coefficient (Wildman–Crippen LogP) is 2.75. The third-order valence-corrected chi connectivity index (χ3v) is 3.84. The summed E-state index contributed by atoms with van der Waals surface area (Å²) in [5.74, 6) is -0.907. The Morgan fingerprint density at radius 3 is 2.50 bits per heavy atom. The van der Waals surface area contributed by atoms with E-state index in [2.05, 4.69) is 5.32 Å². The molecule has 0 radical (unpaired) electrons. The van der Waals surface area contributed by atoms with Gasteiger partial charge in [0.25, 0.3) is 0 Å². The van der Waals surface area contributed by atoms with E-state index in [1.807, 2.05) is 30.3 Å². The number of carboxylic acids is 1. The standard InChI is InChI=1S/C16H21NO3/c1-11(16(19)20)15(13-5-3-2-4-6-13)17-14(18)10-9-12-7-8-12/h2-6,11-12,15H,7-10H2,1H3,(H,17,18)(H,19,20). The third-order valence-electron chi connectivity index (χ3n) is 3.84. The van der Waals surface area contributed by atoms with Gasteiger partial charge in [-0.2, -0.15) is 0 Å². The Hall–Kier alpha value is -1.84. The van der Waals surface area contributed by atoms with E-state index in [1.54, 1.807) is 6.92 Å². The number of nitrogens with one attached hydrogen (secondary N) is 1. The van der Waals surface area contributed by atoms with Crippen molar-refractivity contribution in [2.24, 2.45) is 11.8 Å². The average molecular weight is 275 g/mol. The summed E-state index contributed by atoms with van der Waals surface area (Å²) in [6.45, 7) is 1.63. The van der Waals surface area contributed by atoms with Crippen molar-refractivity contribution in [3.63, 3.8) is 0 Å². The molecule has 4 nitrogen and oxygen atoms in total. The van der Waals surface area contributed by atoms with Crippen molar-refractivity contribution in [2.75, 3.05) is 0 Å². The minimum Gasteiger partial charge on any atom is -0.481 e. The van der Waals surface area contributed by atoms with E-state index < -0.39 is 17.9 Å².